The third-order valence-electron chi connectivity index (χ3n) is 9.33. The number of allylic oxidation sites excluding steroid dienone is 1. The molecule has 0 saturated heterocycles. The van der Waals surface area contributed by atoms with Crippen LogP contribution in [0.15, 0.2) is 11.3 Å². The van der Waals surface area contributed by atoms with E-state index in [1.807, 2.05) is 0 Å². The van der Waals surface area contributed by atoms with Crippen LogP contribution in [0, 0.1) is 34.5 Å². The van der Waals surface area contributed by atoms with Crippen molar-refractivity contribution < 1.29 is 19.1 Å². The minimum absolute atomic E-state index is 0.0944. The van der Waals surface area contributed by atoms with Crippen molar-refractivity contribution in [2.75, 3.05) is 6.61 Å². The Kier molecular flexibility index (Phi) is 3.84. The van der Waals surface area contributed by atoms with E-state index in [4.69, 9.17) is 9.47 Å². The third kappa shape index (κ3) is 2.40. The summed E-state index contributed by atoms with van der Waals surface area (Å²) >= 11 is 0. The van der Waals surface area contributed by atoms with E-state index in [1.54, 1.807) is 6.92 Å². The smallest absolute Gasteiger partial charge is 0.302 e. The summed E-state index contributed by atoms with van der Waals surface area (Å²) in [5, 5.41) is 0. The van der Waals surface area contributed by atoms with Crippen molar-refractivity contribution in [1.82, 2.24) is 0 Å². The van der Waals surface area contributed by atoms with Gasteiger partial charge in [0.25, 0.3) is 0 Å². The highest BCUT2D eigenvalue weighted by atomic mass is 16.5. The lowest BCUT2D eigenvalue weighted by Crippen LogP contribution is -2.53. The molecule has 148 valence electrons. The molecule has 4 heteroatoms. The zero-order chi connectivity index (χ0) is 19.0. The van der Waals surface area contributed by atoms with E-state index in [-0.39, 0.29) is 35.3 Å². The van der Waals surface area contributed by atoms with E-state index in [9.17, 15) is 9.59 Å². The van der Waals surface area contributed by atoms with Crippen molar-refractivity contribution in [3.05, 3.63) is 11.3 Å². The number of esters is 1. The molecule has 1 aliphatic heterocycles. The van der Waals surface area contributed by atoms with Crippen LogP contribution in [-0.4, -0.2) is 24.5 Å². The van der Waals surface area contributed by atoms with Gasteiger partial charge >= 0.3 is 5.97 Å². The summed E-state index contributed by atoms with van der Waals surface area (Å²) in [7, 11) is 0. The summed E-state index contributed by atoms with van der Waals surface area (Å²) in [6, 6.07) is 0. The molecule has 7 atom stereocenters. The molecule has 0 bridgehead atoms. The molecule has 3 fully saturated rings. The molecule has 0 aromatic carbocycles. The number of carbonyl (C=O) groups is 2. The number of ether oxygens (including phenoxy) is 2. The maximum atomic E-state index is 12.3. The average molecular weight is 373 g/mol. The molecule has 0 radical (unpaired) electrons. The fourth-order valence-electron chi connectivity index (χ4n) is 7.96. The van der Waals surface area contributed by atoms with Crippen LogP contribution < -0.4 is 0 Å². The molecule has 0 N–H and O–H groups in total. The Morgan fingerprint density at radius 3 is 2.63 bits per heavy atom. The standard InChI is InChI=1S/C23H32O4/c1-13(24)27-21-7-6-17-15-5-4-14-10-20-16(19(25)12-26-20)11-23(14,3)18(15)8-9-22(17,21)2/h14-15,17-18,21H,4-12H2,1-3H3/t14-,15-,17-,18-,21?,22-,23-/m0/s1. The van der Waals surface area contributed by atoms with Crippen LogP contribution in [0.25, 0.3) is 0 Å². The van der Waals surface area contributed by atoms with Crippen molar-refractivity contribution in [3.8, 4) is 0 Å². The summed E-state index contributed by atoms with van der Waals surface area (Å²) in [6.07, 6.45) is 9.08. The van der Waals surface area contributed by atoms with E-state index >= 15 is 0 Å². The third-order valence-corrected chi connectivity index (χ3v) is 9.33. The molecule has 1 heterocycles. The first-order chi connectivity index (χ1) is 12.8. The first-order valence-electron chi connectivity index (χ1n) is 10.9. The van der Waals surface area contributed by atoms with Gasteiger partial charge in [0, 0.05) is 24.3 Å². The number of ketones is 1. The quantitative estimate of drug-likeness (QED) is 0.639. The van der Waals surface area contributed by atoms with Crippen molar-refractivity contribution in [1.29, 1.82) is 0 Å². The van der Waals surface area contributed by atoms with E-state index in [1.165, 1.54) is 25.7 Å². The molecule has 3 saturated carbocycles. The van der Waals surface area contributed by atoms with E-state index in [0.29, 0.717) is 23.7 Å². The largest absolute Gasteiger partial charge is 0.489 e. The molecular formula is C23H32O4. The lowest BCUT2D eigenvalue weighted by Gasteiger charge is -2.59. The fraction of sp³-hybridized carbons (Fsp3) is 0.826. The van der Waals surface area contributed by atoms with Crippen LogP contribution in [-0.2, 0) is 19.1 Å². The maximum Gasteiger partial charge on any atom is 0.302 e. The number of hydrogen-bond donors (Lipinski definition) is 0. The zero-order valence-electron chi connectivity index (χ0n) is 16.9. The predicted molar refractivity (Wildman–Crippen MR) is 101 cm³/mol. The number of rotatable bonds is 1. The summed E-state index contributed by atoms with van der Waals surface area (Å²) in [5.41, 5.74) is 1.37. The monoisotopic (exact) mass is 372 g/mol. The van der Waals surface area contributed by atoms with Crippen LogP contribution in [0.5, 0.6) is 0 Å². The fourth-order valence-corrected chi connectivity index (χ4v) is 7.96. The van der Waals surface area contributed by atoms with Crippen LogP contribution in [0.4, 0.5) is 0 Å². The Morgan fingerprint density at radius 1 is 1.07 bits per heavy atom. The molecule has 0 aromatic rings. The normalized spacial score (nSPS) is 48.3. The van der Waals surface area contributed by atoms with Crippen LogP contribution >= 0.6 is 0 Å². The van der Waals surface area contributed by atoms with Gasteiger partial charge in [-0.25, -0.2) is 0 Å². The van der Waals surface area contributed by atoms with Crippen molar-refractivity contribution in [2.24, 2.45) is 34.5 Å². The van der Waals surface area contributed by atoms with Gasteiger partial charge in [-0.05, 0) is 74.0 Å². The van der Waals surface area contributed by atoms with E-state index < -0.39 is 0 Å². The summed E-state index contributed by atoms with van der Waals surface area (Å²) in [4.78, 5) is 23.9. The van der Waals surface area contributed by atoms with Gasteiger partial charge in [0.15, 0.2) is 12.4 Å². The summed E-state index contributed by atoms with van der Waals surface area (Å²) in [5.74, 6) is 3.81. The summed E-state index contributed by atoms with van der Waals surface area (Å²) < 4.78 is 11.5. The van der Waals surface area contributed by atoms with Crippen molar-refractivity contribution >= 4 is 11.8 Å². The molecular weight excluding hydrogens is 340 g/mol. The van der Waals surface area contributed by atoms with E-state index in [2.05, 4.69) is 13.8 Å². The van der Waals surface area contributed by atoms with Gasteiger partial charge in [-0.15, -0.1) is 0 Å². The lowest BCUT2D eigenvalue weighted by atomic mass is 9.45. The van der Waals surface area contributed by atoms with Gasteiger partial charge in [-0.2, -0.15) is 0 Å². The van der Waals surface area contributed by atoms with E-state index in [0.717, 1.165) is 37.0 Å². The molecule has 5 rings (SSSR count). The second-order valence-electron chi connectivity index (χ2n) is 10.4. The average Bonchev–Trinajstić information content (AvgIpc) is 3.13. The first-order valence-corrected chi connectivity index (χ1v) is 10.9. The Balaban J connectivity index is 1.43. The van der Waals surface area contributed by atoms with Gasteiger partial charge in [-0.3, -0.25) is 9.59 Å². The molecule has 5 aliphatic rings. The number of fused-ring (bicyclic) bond motifs is 5. The lowest BCUT2D eigenvalue weighted by molar-refractivity contribution is -0.160. The van der Waals surface area contributed by atoms with Gasteiger partial charge in [0.1, 0.15) is 11.9 Å². The molecule has 4 aliphatic carbocycles. The molecule has 27 heavy (non-hydrogen) atoms. The van der Waals surface area contributed by atoms with Crippen molar-refractivity contribution in [2.45, 2.75) is 78.2 Å². The van der Waals surface area contributed by atoms with Crippen LogP contribution in [0.1, 0.15) is 72.1 Å². The zero-order valence-corrected chi connectivity index (χ0v) is 16.9. The minimum atomic E-state index is -0.133. The highest BCUT2D eigenvalue weighted by molar-refractivity contribution is 5.99. The number of Topliss-reactive ketones (excluding diaryl/α,β-unsaturated/α-hetero) is 1. The number of carbonyl (C=O) groups excluding carboxylic acids is 2. The maximum absolute atomic E-state index is 12.3. The molecule has 0 aromatic heterocycles. The van der Waals surface area contributed by atoms with Gasteiger partial charge in [-0.1, -0.05) is 13.8 Å². The van der Waals surface area contributed by atoms with Gasteiger partial charge in [0.05, 0.1) is 0 Å². The Bertz CT molecular complexity index is 724. The summed E-state index contributed by atoms with van der Waals surface area (Å²) in [6.45, 7) is 6.65. The molecule has 4 nitrogen and oxygen atoms in total. The Labute approximate surface area is 162 Å². The Morgan fingerprint density at radius 2 is 1.85 bits per heavy atom. The van der Waals surface area contributed by atoms with Crippen LogP contribution in [0.3, 0.4) is 0 Å². The molecule has 0 spiro atoms. The SMILES string of the molecule is CC(=O)OC1CC[C@H]2[C@@H]3CC[C@H]4CC5=C(C[C@]4(C)[C@H]3CC[C@]12C)C(=O)CO5. The van der Waals surface area contributed by atoms with Crippen molar-refractivity contribution in [3.63, 3.8) is 0 Å². The first kappa shape index (κ1) is 17.8. The topological polar surface area (TPSA) is 52.6 Å². The predicted octanol–water partition coefficient (Wildman–Crippen LogP) is 4.42. The van der Waals surface area contributed by atoms with Gasteiger partial charge in [0.2, 0.25) is 0 Å². The van der Waals surface area contributed by atoms with Crippen LogP contribution in [0.2, 0.25) is 0 Å². The van der Waals surface area contributed by atoms with Gasteiger partial charge < -0.3 is 9.47 Å². The second-order valence-corrected chi connectivity index (χ2v) is 10.4. The Hall–Kier alpha value is -1.32. The molecule has 0 amide bonds. The minimum Gasteiger partial charge on any atom is -0.489 e. The highest BCUT2D eigenvalue weighted by Crippen LogP contribution is 2.67. The highest BCUT2D eigenvalue weighted by Gasteiger charge is 2.61. The molecule has 1 unspecified atom stereocenters. The number of hydrogen-bond acceptors (Lipinski definition) is 4. The second kappa shape index (κ2) is 5.84.